The van der Waals surface area contributed by atoms with E-state index in [4.69, 9.17) is 4.74 Å². The van der Waals surface area contributed by atoms with Crippen molar-refractivity contribution in [2.24, 2.45) is 0 Å². The Morgan fingerprint density at radius 1 is 1.06 bits per heavy atom. The summed E-state index contributed by atoms with van der Waals surface area (Å²) in [6.45, 7) is 7.56. The Balaban J connectivity index is 1.34. The van der Waals surface area contributed by atoms with Crippen LogP contribution in [0.4, 0.5) is 0 Å². The molecule has 0 atom stereocenters. The average Bonchev–Trinajstić information content (AvgIpc) is 3.34. The van der Waals surface area contributed by atoms with Crippen molar-refractivity contribution in [2.45, 2.75) is 40.5 Å². The number of benzene rings is 2. The first-order chi connectivity index (χ1) is 15.5. The molecule has 6 nitrogen and oxygen atoms in total. The van der Waals surface area contributed by atoms with Crippen molar-refractivity contribution >= 4 is 17.2 Å². The van der Waals surface area contributed by atoms with Crippen LogP contribution in [0.2, 0.25) is 0 Å². The van der Waals surface area contributed by atoms with Crippen LogP contribution in [0.3, 0.4) is 0 Å². The standard InChI is InChI=1S/C25H26N4O2S/c1-17-24(18(2)29(28-17)14-20-7-5-4-6-8-20)13-26-25(30)21-9-11-23(12-10-21)31-15-22-16-32-19(3)27-22/h4-12,16H,13-15H2,1-3H3,(H,26,30). The van der Waals surface area contributed by atoms with Gasteiger partial charge in [0.25, 0.3) is 5.91 Å². The van der Waals surface area contributed by atoms with Gasteiger partial charge in [-0.1, -0.05) is 30.3 Å². The molecule has 0 bridgehead atoms. The Hall–Kier alpha value is -3.45. The van der Waals surface area contributed by atoms with Gasteiger partial charge in [0.2, 0.25) is 0 Å². The van der Waals surface area contributed by atoms with Crippen molar-refractivity contribution in [3.63, 3.8) is 0 Å². The summed E-state index contributed by atoms with van der Waals surface area (Å²) in [5.74, 6) is 0.586. The third-order valence-electron chi connectivity index (χ3n) is 5.30. The van der Waals surface area contributed by atoms with Gasteiger partial charge < -0.3 is 10.1 Å². The Kier molecular flexibility index (Phi) is 6.66. The molecule has 0 aliphatic rings. The van der Waals surface area contributed by atoms with E-state index in [1.807, 2.05) is 61.2 Å². The molecule has 7 heteroatoms. The van der Waals surface area contributed by atoms with E-state index in [-0.39, 0.29) is 5.91 Å². The van der Waals surface area contributed by atoms with Crippen molar-refractivity contribution < 1.29 is 9.53 Å². The number of amides is 1. The minimum Gasteiger partial charge on any atom is -0.487 e. The molecule has 164 valence electrons. The van der Waals surface area contributed by atoms with Crippen LogP contribution in [0.1, 0.15) is 43.6 Å². The molecule has 4 aromatic rings. The van der Waals surface area contributed by atoms with E-state index < -0.39 is 0 Å². The normalized spacial score (nSPS) is 10.8. The molecule has 4 rings (SSSR count). The lowest BCUT2D eigenvalue weighted by Gasteiger charge is -2.08. The molecular formula is C25H26N4O2S. The average molecular weight is 447 g/mol. The van der Waals surface area contributed by atoms with Crippen LogP contribution >= 0.6 is 11.3 Å². The minimum atomic E-state index is -0.124. The maximum Gasteiger partial charge on any atom is 0.251 e. The zero-order valence-corrected chi connectivity index (χ0v) is 19.3. The number of hydrogen-bond acceptors (Lipinski definition) is 5. The highest BCUT2D eigenvalue weighted by Crippen LogP contribution is 2.17. The number of carbonyl (C=O) groups is 1. The van der Waals surface area contributed by atoms with Gasteiger partial charge in [-0.3, -0.25) is 9.48 Å². The highest BCUT2D eigenvalue weighted by Gasteiger charge is 2.14. The molecule has 0 spiro atoms. The molecule has 0 saturated heterocycles. The van der Waals surface area contributed by atoms with Crippen LogP contribution in [0, 0.1) is 20.8 Å². The number of nitrogens with zero attached hydrogens (tertiary/aromatic N) is 3. The first-order valence-corrected chi connectivity index (χ1v) is 11.4. The Labute approximate surface area is 191 Å². The summed E-state index contributed by atoms with van der Waals surface area (Å²) in [6, 6.07) is 17.4. The van der Waals surface area contributed by atoms with Gasteiger partial charge in [-0.15, -0.1) is 11.3 Å². The quantitative estimate of drug-likeness (QED) is 0.421. The second kappa shape index (κ2) is 9.78. The van der Waals surface area contributed by atoms with Gasteiger partial charge in [0.15, 0.2) is 0 Å². The Morgan fingerprint density at radius 3 is 2.50 bits per heavy atom. The molecule has 0 aliphatic carbocycles. The summed E-state index contributed by atoms with van der Waals surface area (Å²) in [5.41, 5.74) is 5.74. The molecule has 2 heterocycles. The number of thiazole rings is 1. The van der Waals surface area contributed by atoms with Gasteiger partial charge in [-0.25, -0.2) is 4.98 Å². The van der Waals surface area contributed by atoms with Crippen LogP contribution in [0.25, 0.3) is 0 Å². The minimum absolute atomic E-state index is 0.124. The topological polar surface area (TPSA) is 69.0 Å². The summed E-state index contributed by atoms with van der Waals surface area (Å²) in [7, 11) is 0. The van der Waals surface area contributed by atoms with Gasteiger partial charge >= 0.3 is 0 Å². The third kappa shape index (κ3) is 5.23. The molecule has 32 heavy (non-hydrogen) atoms. The fourth-order valence-electron chi connectivity index (χ4n) is 3.51. The summed E-state index contributed by atoms with van der Waals surface area (Å²) >= 11 is 1.60. The second-order valence-electron chi connectivity index (χ2n) is 7.65. The molecule has 0 saturated carbocycles. The van der Waals surface area contributed by atoms with Crippen LogP contribution in [-0.4, -0.2) is 20.7 Å². The maximum atomic E-state index is 12.6. The largest absolute Gasteiger partial charge is 0.487 e. The summed E-state index contributed by atoms with van der Waals surface area (Å²) in [6.07, 6.45) is 0. The first kappa shape index (κ1) is 21.8. The zero-order valence-electron chi connectivity index (χ0n) is 18.5. The van der Waals surface area contributed by atoms with Crippen LogP contribution in [-0.2, 0) is 19.7 Å². The summed E-state index contributed by atoms with van der Waals surface area (Å²) < 4.78 is 7.74. The van der Waals surface area contributed by atoms with E-state index in [0.29, 0.717) is 31.0 Å². The molecular weight excluding hydrogens is 420 g/mol. The summed E-state index contributed by atoms with van der Waals surface area (Å²) in [5, 5.41) is 10.7. The Morgan fingerprint density at radius 2 is 1.81 bits per heavy atom. The number of hydrogen-bond donors (Lipinski definition) is 1. The molecule has 1 N–H and O–H groups in total. The highest BCUT2D eigenvalue weighted by atomic mass is 32.1. The van der Waals surface area contributed by atoms with Crippen LogP contribution in [0.15, 0.2) is 60.0 Å². The van der Waals surface area contributed by atoms with E-state index in [2.05, 4.69) is 27.5 Å². The summed E-state index contributed by atoms with van der Waals surface area (Å²) in [4.78, 5) is 17.0. The van der Waals surface area contributed by atoms with Gasteiger partial charge in [-0.2, -0.15) is 5.10 Å². The van der Waals surface area contributed by atoms with Gasteiger partial charge in [-0.05, 0) is 50.6 Å². The van der Waals surface area contributed by atoms with Crippen LogP contribution < -0.4 is 10.1 Å². The molecule has 0 fully saturated rings. The van der Waals surface area contributed by atoms with Crippen molar-refractivity contribution in [1.29, 1.82) is 0 Å². The SMILES string of the molecule is Cc1nc(COc2ccc(C(=O)NCc3c(C)nn(Cc4ccccc4)c3C)cc2)cs1. The molecule has 0 aliphatic heterocycles. The van der Waals surface area contributed by atoms with Crippen molar-refractivity contribution in [2.75, 3.05) is 0 Å². The monoisotopic (exact) mass is 446 g/mol. The number of rotatable bonds is 8. The number of aromatic nitrogens is 3. The molecule has 0 unspecified atom stereocenters. The van der Waals surface area contributed by atoms with Crippen molar-refractivity contribution in [3.05, 3.63) is 98.8 Å². The van der Waals surface area contributed by atoms with E-state index >= 15 is 0 Å². The molecule has 2 aromatic carbocycles. The molecule has 2 aromatic heterocycles. The number of carbonyl (C=O) groups excluding carboxylic acids is 1. The van der Waals surface area contributed by atoms with Crippen molar-refractivity contribution in [1.82, 2.24) is 20.1 Å². The van der Waals surface area contributed by atoms with E-state index in [1.165, 1.54) is 5.56 Å². The van der Waals surface area contributed by atoms with Gasteiger partial charge in [0.05, 0.1) is 22.9 Å². The highest BCUT2D eigenvalue weighted by molar-refractivity contribution is 7.09. The lowest BCUT2D eigenvalue weighted by Crippen LogP contribution is -2.23. The number of ether oxygens (including phenoxy) is 1. The van der Waals surface area contributed by atoms with E-state index in [9.17, 15) is 4.79 Å². The van der Waals surface area contributed by atoms with E-state index in [0.717, 1.165) is 27.7 Å². The lowest BCUT2D eigenvalue weighted by atomic mass is 10.1. The predicted molar refractivity (Wildman–Crippen MR) is 126 cm³/mol. The zero-order chi connectivity index (χ0) is 22.5. The smallest absolute Gasteiger partial charge is 0.251 e. The predicted octanol–water partition coefficient (Wildman–Crippen LogP) is 4.82. The number of nitrogens with one attached hydrogen (secondary N) is 1. The first-order valence-electron chi connectivity index (χ1n) is 10.5. The molecule has 0 radical (unpaired) electrons. The van der Waals surface area contributed by atoms with Crippen molar-refractivity contribution in [3.8, 4) is 5.75 Å². The third-order valence-corrected chi connectivity index (χ3v) is 6.12. The van der Waals surface area contributed by atoms with E-state index in [1.54, 1.807) is 23.5 Å². The molecule has 1 amide bonds. The lowest BCUT2D eigenvalue weighted by molar-refractivity contribution is 0.0951. The number of aryl methyl sites for hydroxylation is 2. The Bertz CT molecular complexity index is 1200. The van der Waals surface area contributed by atoms with Gasteiger partial charge in [0.1, 0.15) is 12.4 Å². The fraction of sp³-hybridized carbons (Fsp3) is 0.240. The second-order valence-corrected chi connectivity index (χ2v) is 8.71. The van der Waals surface area contributed by atoms with Crippen LogP contribution in [0.5, 0.6) is 5.75 Å². The van der Waals surface area contributed by atoms with Gasteiger partial charge in [0, 0.05) is 28.7 Å². The maximum absolute atomic E-state index is 12.6. The fourth-order valence-corrected chi connectivity index (χ4v) is 4.10.